The molecule has 0 fully saturated rings. The first-order valence-corrected chi connectivity index (χ1v) is 0.842. The Morgan fingerprint density at radius 2 is 1.40 bits per heavy atom. The maximum absolute atomic E-state index is 8.25. The summed E-state index contributed by atoms with van der Waals surface area (Å²) in [6.45, 7) is 0. The molecule has 0 aromatic heterocycles. The van der Waals surface area contributed by atoms with Crippen molar-refractivity contribution in [2.24, 2.45) is 0 Å². The molecular weight excluding hydrogens is 337 g/mol. The van der Waals surface area contributed by atoms with Crippen molar-refractivity contribution >= 4 is 94.4 Å². The van der Waals surface area contributed by atoms with E-state index in [9.17, 15) is 0 Å². The summed E-state index contributed by atoms with van der Waals surface area (Å²) in [6, 6.07) is 0. The third kappa shape index (κ3) is 17.8. The standard InChI is InChI=1S/Ba.O.Sr.2Ti.4H/q+2;;+2;;;4*-1. The Labute approximate surface area is 141 Å². The first-order chi connectivity index (χ1) is 1.00. The zero-order chi connectivity index (χ0) is 2.00. The van der Waals surface area contributed by atoms with Gasteiger partial charge in [-0.05, 0) is 0 Å². The van der Waals surface area contributed by atoms with E-state index in [0.29, 0.717) is 0 Å². The average molecular weight is 341 g/mol. The van der Waals surface area contributed by atoms with E-state index < -0.39 is 0 Å². The quantitative estimate of drug-likeness (QED) is 0.547. The molecule has 0 aromatic carbocycles. The van der Waals surface area contributed by atoms with Crippen LogP contribution in [0.3, 0.4) is 0 Å². The molecule has 0 spiro atoms. The Hall–Kier alpha value is 4.28. The van der Waals surface area contributed by atoms with Gasteiger partial charge in [0.15, 0.2) is 0 Å². The fourth-order valence-corrected chi connectivity index (χ4v) is 0. The van der Waals surface area contributed by atoms with Gasteiger partial charge in [-0.2, -0.15) is 0 Å². The van der Waals surface area contributed by atoms with Crippen molar-refractivity contribution in [2.75, 3.05) is 0 Å². The third-order valence-electron chi connectivity index (χ3n) is 0. The molecule has 0 atom stereocenters. The first kappa shape index (κ1) is 22.8. The summed E-state index contributed by atoms with van der Waals surface area (Å²) in [5.74, 6) is 0. The second kappa shape index (κ2) is 24.0. The summed E-state index contributed by atoms with van der Waals surface area (Å²) in [7, 11) is 0. The minimum atomic E-state index is 0. The summed E-state index contributed by atoms with van der Waals surface area (Å²) >= 11 is 0.750. The zero-order valence-electron chi connectivity index (χ0n) is 6.82. The third-order valence-corrected chi connectivity index (χ3v) is 0. The van der Waals surface area contributed by atoms with Crippen molar-refractivity contribution in [3.05, 3.63) is 0 Å². The van der Waals surface area contributed by atoms with E-state index in [0.717, 1.165) is 20.4 Å². The Kier molecular flexibility index (Phi) is 109. The number of hydrogen-bond acceptors (Lipinski definition) is 1. The molecule has 0 bridgehead atoms. The van der Waals surface area contributed by atoms with Gasteiger partial charge in [0.05, 0.1) is 0 Å². The van der Waals surface area contributed by atoms with Crippen LogP contribution < -0.4 is 0 Å². The molecule has 0 rings (SSSR count). The van der Waals surface area contributed by atoms with Crippen LogP contribution in [0.1, 0.15) is 5.71 Å². The average Bonchev–Trinajstić information content (AvgIpc) is 1.00. The van der Waals surface area contributed by atoms with Gasteiger partial charge in [-0.3, -0.25) is 0 Å². The first-order valence-electron chi connectivity index (χ1n) is 0.204. The van der Waals surface area contributed by atoms with Gasteiger partial charge in [0.25, 0.3) is 0 Å². The Morgan fingerprint density at radius 1 is 1.40 bits per heavy atom. The number of hydrogen-bond donors (Lipinski definition) is 0. The fraction of sp³-hybridized carbons (Fsp3) is 0. The van der Waals surface area contributed by atoms with Gasteiger partial charge >= 0.3 is 118 Å². The van der Waals surface area contributed by atoms with Crippen molar-refractivity contribution in [2.45, 2.75) is 0 Å². The van der Waals surface area contributed by atoms with Crippen molar-refractivity contribution in [1.82, 2.24) is 0 Å². The van der Waals surface area contributed by atoms with Crippen LogP contribution in [-0.2, 0) is 45.4 Å². The van der Waals surface area contributed by atoms with E-state index in [2.05, 4.69) is 0 Å². The van der Waals surface area contributed by atoms with Crippen molar-refractivity contribution < 1.29 is 51.2 Å². The smallest absolute Gasteiger partial charge is 0 e. The molecule has 0 radical (unpaired) electrons. The van der Waals surface area contributed by atoms with Crippen LogP contribution >= 0.6 is 0 Å². The molecule has 0 N–H and O–H groups in total. The van der Waals surface area contributed by atoms with Crippen molar-refractivity contribution in [3.63, 3.8) is 0 Å². The van der Waals surface area contributed by atoms with Crippen LogP contribution in [0, 0.1) is 0 Å². The molecule has 5 heteroatoms. The molecule has 0 saturated carbocycles. The Morgan fingerprint density at radius 3 is 1.40 bits per heavy atom. The van der Waals surface area contributed by atoms with Crippen molar-refractivity contribution in [3.8, 4) is 0 Å². The summed E-state index contributed by atoms with van der Waals surface area (Å²) in [5.41, 5.74) is 0. The van der Waals surface area contributed by atoms with Crippen LogP contribution in [0.2, 0.25) is 0 Å². The van der Waals surface area contributed by atoms with E-state index in [1.54, 1.807) is 0 Å². The fourth-order valence-electron chi connectivity index (χ4n) is 0. The molecule has 0 aliphatic rings. The van der Waals surface area contributed by atoms with Gasteiger partial charge < -0.3 is 5.71 Å². The largest absolute Gasteiger partial charge is 2.00 e. The monoisotopic (exact) mass is 342 g/mol. The second-order valence-electron chi connectivity index (χ2n) is 0. The molecule has 1 nitrogen and oxygen atoms in total. The van der Waals surface area contributed by atoms with Gasteiger partial charge in [0.2, 0.25) is 0 Å². The number of rotatable bonds is 0. The second-order valence-corrected chi connectivity index (χ2v) is 0. The van der Waals surface area contributed by atoms with E-state index in [1.807, 2.05) is 0 Å². The van der Waals surface area contributed by atoms with Gasteiger partial charge in [0.1, 0.15) is 0 Å². The van der Waals surface area contributed by atoms with Crippen LogP contribution in [0.4, 0.5) is 0 Å². The minimum Gasteiger partial charge on any atom is 0 e. The van der Waals surface area contributed by atoms with E-state index in [-0.39, 0.29) is 122 Å². The van der Waals surface area contributed by atoms with E-state index >= 15 is 0 Å². The maximum atomic E-state index is 8.25. The predicted octanol–water partition coefficient (Wildman–Crippen LogP) is -0.435. The molecule has 0 heterocycles. The normalized spacial score (nSPS) is 0.600. The predicted molar refractivity (Wildman–Crippen MR) is 16.6 cm³/mol. The summed E-state index contributed by atoms with van der Waals surface area (Å²) < 4.78 is 8.25. The molecule has 0 amide bonds. The zero-order valence-corrected chi connectivity index (χ0v) is 13.9. The molecule has 0 saturated heterocycles. The van der Waals surface area contributed by atoms with Crippen molar-refractivity contribution in [1.29, 1.82) is 0 Å². The van der Waals surface area contributed by atoms with Crippen LogP contribution in [0.5, 0.6) is 0 Å². The minimum absolute atomic E-state index is 0. The van der Waals surface area contributed by atoms with Crippen LogP contribution in [0.15, 0.2) is 0 Å². The maximum Gasteiger partial charge on any atom is 2.00 e. The van der Waals surface area contributed by atoms with E-state index in [1.165, 1.54) is 0 Å². The molecule has 22 valence electrons. The summed E-state index contributed by atoms with van der Waals surface area (Å²) in [5, 5.41) is 0. The molecule has 0 aliphatic heterocycles. The topological polar surface area (TPSA) is 17.1 Å². The van der Waals surface area contributed by atoms with Gasteiger partial charge in [-0.25, -0.2) is 0 Å². The molecule has 5 heavy (non-hydrogen) atoms. The summed E-state index contributed by atoms with van der Waals surface area (Å²) in [4.78, 5) is 0. The molecule has 0 aliphatic carbocycles. The summed E-state index contributed by atoms with van der Waals surface area (Å²) in [6.07, 6.45) is 0. The van der Waals surface area contributed by atoms with Crippen LogP contribution in [0.25, 0.3) is 0 Å². The molecule has 0 aromatic rings. The van der Waals surface area contributed by atoms with Gasteiger partial charge in [-0.15, -0.1) is 0 Å². The molecular formula is H4BaOSrTi2. The Balaban J connectivity index is -0.000000000238. The Bertz CT molecular complexity index is 18.5. The molecule has 0 unspecified atom stereocenters. The van der Waals surface area contributed by atoms with E-state index in [4.69, 9.17) is 3.32 Å². The van der Waals surface area contributed by atoms with Gasteiger partial charge in [0, 0.05) is 21.7 Å². The van der Waals surface area contributed by atoms with Crippen LogP contribution in [-0.4, -0.2) is 94.4 Å². The SMILES string of the molecule is [Ba+2].[H-].[H-].[H-].[H-].[O]=[Ti].[Sr+2].[Ti]. The van der Waals surface area contributed by atoms with Gasteiger partial charge in [-0.1, -0.05) is 0 Å².